The zero-order valence-electron chi connectivity index (χ0n) is 10.7. The van der Waals surface area contributed by atoms with Crippen molar-refractivity contribution >= 4 is 33.4 Å². The van der Waals surface area contributed by atoms with E-state index in [4.69, 9.17) is 5.73 Å². The summed E-state index contributed by atoms with van der Waals surface area (Å²) >= 11 is 5.10. The summed E-state index contributed by atoms with van der Waals surface area (Å²) < 4.78 is 2.89. The standard InChI is InChI=1S/C12H16BrN5S/c1-2-3-6-18-12(15-16-17-18)8-19-11-7-9(13)4-5-10(11)14/h4-5,7H,2-3,6,8,14H2,1H3. The predicted octanol–water partition coefficient (Wildman–Crippen LogP) is 3.11. The van der Waals surface area contributed by atoms with Crippen molar-refractivity contribution in [2.45, 2.75) is 37.0 Å². The van der Waals surface area contributed by atoms with E-state index in [1.54, 1.807) is 11.8 Å². The van der Waals surface area contributed by atoms with Gasteiger partial charge in [-0.15, -0.1) is 16.9 Å². The second-order valence-electron chi connectivity index (χ2n) is 4.14. The number of nitrogens with zero attached hydrogens (tertiary/aromatic N) is 4. The molecule has 0 amide bonds. The van der Waals surface area contributed by atoms with Crippen LogP contribution in [-0.2, 0) is 12.3 Å². The van der Waals surface area contributed by atoms with Gasteiger partial charge >= 0.3 is 0 Å². The zero-order valence-corrected chi connectivity index (χ0v) is 13.1. The van der Waals surface area contributed by atoms with Gasteiger partial charge < -0.3 is 5.73 Å². The lowest BCUT2D eigenvalue weighted by Crippen LogP contribution is -2.05. The van der Waals surface area contributed by atoms with Gasteiger partial charge in [-0.05, 0) is 35.0 Å². The lowest BCUT2D eigenvalue weighted by Gasteiger charge is -2.06. The summed E-state index contributed by atoms with van der Waals surface area (Å²) in [6, 6.07) is 5.84. The molecule has 1 aromatic carbocycles. The molecule has 5 nitrogen and oxygen atoms in total. The van der Waals surface area contributed by atoms with Crippen LogP contribution in [0.5, 0.6) is 0 Å². The Morgan fingerprint density at radius 3 is 3.05 bits per heavy atom. The maximum absolute atomic E-state index is 5.95. The van der Waals surface area contributed by atoms with Crippen LogP contribution in [0.2, 0.25) is 0 Å². The van der Waals surface area contributed by atoms with E-state index in [1.807, 2.05) is 22.9 Å². The lowest BCUT2D eigenvalue weighted by molar-refractivity contribution is 0.540. The van der Waals surface area contributed by atoms with E-state index < -0.39 is 0 Å². The molecule has 7 heteroatoms. The molecule has 19 heavy (non-hydrogen) atoms. The van der Waals surface area contributed by atoms with Crippen molar-refractivity contribution in [2.24, 2.45) is 0 Å². The van der Waals surface area contributed by atoms with Crippen LogP contribution in [0.1, 0.15) is 25.6 Å². The molecule has 0 radical (unpaired) electrons. The van der Waals surface area contributed by atoms with Gasteiger partial charge in [0, 0.05) is 21.6 Å². The second-order valence-corrected chi connectivity index (χ2v) is 6.08. The van der Waals surface area contributed by atoms with Crippen molar-refractivity contribution in [1.29, 1.82) is 0 Å². The Kier molecular flexibility index (Phi) is 5.21. The molecule has 0 fully saturated rings. The highest BCUT2D eigenvalue weighted by atomic mass is 79.9. The zero-order chi connectivity index (χ0) is 13.7. The van der Waals surface area contributed by atoms with Gasteiger partial charge in [0.25, 0.3) is 0 Å². The van der Waals surface area contributed by atoms with Crippen molar-refractivity contribution in [2.75, 3.05) is 5.73 Å². The summed E-state index contributed by atoms with van der Waals surface area (Å²) in [4.78, 5) is 1.04. The summed E-state index contributed by atoms with van der Waals surface area (Å²) in [6.07, 6.45) is 2.22. The van der Waals surface area contributed by atoms with Crippen LogP contribution < -0.4 is 5.73 Å². The van der Waals surface area contributed by atoms with Crippen LogP contribution in [0.3, 0.4) is 0 Å². The Balaban J connectivity index is 2.02. The first-order valence-corrected chi connectivity index (χ1v) is 7.91. The number of nitrogens with two attached hydrogens (primary N) is 1. The number of hydrogen-bond acceptors (Lipinski definition) is 5. The molecule has 0 saturated heterocycles. The number of tetrazole rings is 1. The maximum Gasteiger partial charge on any atom is 0.161 e. The average Bonchev–Trinajstić information content (AvgIpc) is 2.85. The third kappa shape index (κ3) is 3.94. The third-order valence-electron chi connectivity index (χ3n) is 2.66. The molecular formula is C12H16BrN5S. The average molecular weight is 342 g/mol. The van der Waals surface area contributed by atoms with Crippen molar-refractivity contribution in [1.82, 2.24) is 20.2 Å². The highest BCUT2D eigenvalue weighted by molar-refractivity contribution is 9.10. The molecule has 0 bridgehead atoms. The highest BCUT2D eigenvalue weighted by Gasteiger charge is 2.08. The van der Waals surface area contributed by atoms with Gasteiger partial charge in [0.1, 0.15) is 0 Å². The monoisotopic (exact) mass is 341 g/mol. The topological polar surface area (TPSA) is 69.6 Å². The Morgan fingerprint density at radius 2 is 2.26 bits per heavy atom. The van der Waals surface area contributed by atoms with E-state index in [2.05, 4.69) is 38.4 Å². The number of rotatable bonds is 6. The molecule has 0 aliphatic rings. The number of halogens is 1. The minimum absolute atomic E-state index is 0.720. The summed E-state index contributed by atoms with van der Waals surface area (Å²) in [5.41, 5.74) is 6.73. The summed E-state index contributed by atoms with van der Waals surface area (Å²) in [7, 11) is 0. The molecule has 2 rings (SSSR count). The van der Waals surface area contributed by atoms with Crippen LogP contribution in [0, 0.1) is 0 Å². The van der Waals surface area contributed by atoms with Crippen molar-refractivity contribution in [3.05, 3.63) is 28.5 Å². The van der Waals surface area contributed by atoms with Crippen LogP contribution in [0.15, 0.2) is 27.6 Å². The molecule has 0 atom stereocenters. The van der Waals surface area contributed by atoms with Crippen LogP contribution in [0.4, 0.5) is 5.69 Å². The van der Waals surface area contributed by atoms with Gasteiger partial charge in [0.15, 0.2) is 5.82 Å². The maximum atomic E-state index is 5.95. The number of aryl methyl sites for hydroxylation is 1. The lowest BCUT2D eigenvalue weighted by atomic mass is 10.3. The molecule has 0 spiro atoms. The van der Waals surface area contributed by atoms with Gasteiger partial charge in [-0.1, -0.05) is 29.3 Å². The SMILES string of the molecule is CCCCn1nnnc1CSc1cc(Br)ccc1N. The van der Waals surface area contributed by atoms with E-state index in [0.29, 0.717) is 0 Å². The first kappa shape index (κ1) is 14.3. The molecule has 102 valence electrons. The van der Waals surface area contributed by atoms with Gasteiger partial charge in [-0.25, -0.2) is 4.68 Å². The van der Waals surface area contributed by atoms with Crippen LogP contribution in [0.25, 0.3) is 0 Å². The Labute approximate surface area is 125 Å². The number of unbranched alkanes of at least 4 members (excludes halogenated alkanes) is 1. The molecule has 0 unspecified atom stereocenters. The smallest absolute Gasteiger partial charge is 0.161 e. The number of thioether (sulfide) groups is 1. The molecule has 0 aliphatic heterocycles. The molecule has 0 saturated carbocycles. The first-order chi connectivity index (χ1) is 9.20. The number of benzene rings is 1. The van der Waals surface area contributed by atoms with Gasteiger partial charge in [-0.3, -0.25) is 0 Å². The largest absolute Gasteiger partial charge is 0.398 e. The second kappa shape index (κ2) is 6.91. The van der Waals surface area contributed by atoms with Crippen LogP contribution in [-0.4, -0.2) is 20.2 Å². The third-order valence-corrected chi connectivity index (χ3v) is 4.22. The van der Waals surface area contributed by atoms with E-state index in [1.165, 1.54) is 0 Å². The molecular weight excluding hydrogens is 326 g/mol. The number of anilines is 1. The van der Waals surface area contributed by atoms with E-state index in [0.717, 1.165) is 46.0 Å². The van der Waals surface area contributed by atoms with Crippen molar-refractivity contribution in [3.8, 4) is 0 Å². The summed E-state index contributed by atoms with van der Waals surface area (Å²) in [6.45, 7) is 3.02. The fourth-order valence-electron chi connectivity index (χ4n) is 1.58. The van der Waals surface area contributed by atoms with Crippen molar-refractivity contribution < 1.29 is 0 Å². The fraction of sp³-hybridized carbons (Fsp3) is 0.417. The molecule has 0 aliphatic carbocycles. The molecule has 1 heterocycles. The van der Waals surface area contributed by atoms with Gasteiger partial charge in [0.2, 0.25) is 0 Å². The number of aromatic nitrogens is 4. The van der Waals surface area contributed by atoms with E-state index in [-0.39, 0.29) is 0 Å². The summed E-state index contributed by atoms with van der Waals surface area (Å²) in [5, 5.41) is 11.8. The van der Waals surface area contributed by atoms with Gasteiger partial charge in [-0.2, -0.15) is 0 Å². The normalized spacial score (nSPS) is 10.8. The Morgan fingerprint density at radius 1 is 1.42 bits per heavy atom. The van der Waals surface area contributed by atoms with E-state index in [9.17, 15) is 0 Å². The van der Waals surface area contributed by atoms with E-state index >= 15 is 0 Å². The van der Waals surface area contributed by atoms with Crippen LogP contribution >= 0.6 is 27.7 Å². The number of nitrogen functional groups attached to an aromatic ring is 1. The summed E-state index contributed by atoms with van der Waals surface area (Å²) in [5.74, 6) is 1.61. The van der Waals surface area contributed by atoms with Gasteiger partial charge in [0.05, 0.1) is 5.75 Å². The number of hydrogen-bond donors (Lipinski definition) is 1. The highest BCUT2D eigenvalue weighted by Crippen LogP contribution is 2.30. The predicted molar refractivity (Wildman–Crippen MR) is 80.8 cm³/mol. The molecule has 1 aromatic heterocycles. The Hall–Kier alpha value is -1.08. The van der Waals surface area contributed by atoms with Crippen molar-refractivity contribution in [3.63, 3.8) is 0 Å². The minimum atomic E-state index is 0.720. The Bertz CT molecular complexity index is 543. The quantitative estimate of drug-likeness (QED) is 0.645. The molecule has 2 aromatic rings. The first-order valence-electron chi connectivity index (χ1n) is 6.13. The fourth-order valence-corrected chi connectivity index (χ4v) is 3.03. The minimum Gasteiger partial charge on any atom is -0.398 e. The molecule has 2 N–H and O–H groups in total.